The van der Waals surface area contributed by atoms with Crippen molar-refractivity contribution >= 4 is 17.4 Å². The largest absolute Gasteiger partial charge is 0.366 e. The lowest BCUT2D eigenvalue weighted by Gasteiger charge is -2.10. The highest BCUT2D eigenvalue weighted by atomic mass is 35.5. The predicted molar refractivity (Wildman–Crippen MR) is 70.1 cm³/mol. The van der Waals surface area contributed by atoms with E-state index in [2.05, 4.69) is 15.3 Å². The summed E-state index contributed by atoms with van der Waals surface area (Å²) >= 11 is 5.99. The van der Waals surface area contributed by atoms with Gasteiger partial charge >= 0.3 is 0 Å². The number of nitrogens with one attached hydrogen (secondary N) is 1. The molecule has 0 atom stereocenters. The molecule has 0 aliphatic carbocycles. The maximum absolute atomic E-state index is 12.8. The Labute approximate surface area is 110 Å². The minimum Gasteiger partial charge on any atom is -0.366 e. The summed E-state index contributed by atoms with van der Waals surface area (Å²) in [4.78, 5) is 8.10. The smallest absolute Gasteiger partial charge is 0.137 e. The van der Waals surface area contributed by atoms with E-state index in [9.17, 15) is 4.39 Å². The number of anilines is 1. The number of halogens is 2. The van der Waals surface area contributed by atoms with Crippen molar-refractivity contribution in [1.82, 2.24) is 9.97 Å². The molecule has 0 aliphatic rings. The summed E-state index contributed by atoms with van der Waals surface area (Å²) in [6.45, 7) is 2.56. The van der Waals surface area contributed by atoms with Crippen molar-refractivity contribution in [1.29, 1.82) is 0 Å². The van der Waals surface area contributed by atoms with E-state index in [1.165, 1.54) is 18.5 Å². The van der Waals surface area contributed by atoms with Crippen LogP contribution in [0.1, 0.15) is 18.1 Å². The van der Waals surface area contributed by atoms with E-state index in [1.54, 1.807) is 12.1 Å². The summed E-state index contributed by atoms with van der Waals surface area (Å²) in [5.41, 5.74) is 1.87. The zero-order valence-electron chi connectivity index (χ0n) is 9.95. The summed E-state index contributed by atoms with van der Waals surface area (Å²) < 4.78 is 12.8. The summed E-state index contributed by atoms with van der Waals surface area (Å²) in [5.74, 6) is 0.486. The van der Waals surface area contributed by atoms with Crippen molar-refractivity contribution in [3.8, 4) is 0 Å². The third-order valence-corrected chi connectivity index (χ3v) is 2.95. The first-order chi connectivity index (χ1) is 8.70. The van der Waals surface area contributed by atoms with E-state index in [0.717, 1.165) is 23.4 Å². The highest BCUT2D eigenvalue weighted by Gasteiger charge is 2.07. The SMILES string of the molecule is CCc1c(Cl)ncnc1NCc1ccc(F)cc1. The summed E-state index contributed by atoms with van der Waals surface area (Å²) in [7, 11) is 0. The zero-order valence-corrected chi connectivity index (χ0v) is 10.7. The second-order valence-corrected chi connectivity index (χ2v) is 4.18. The number of aromatic nitrogens is 2. The van der Waals surface area contributed by atoms with Crippen LogP contribution in [0, 0.1) is 5.82 Å². The van der Waals surface area contributed by atoms with E-state index in [0.29, 0.717) is 11.7 Å². The molecular formula is C13H13ClFN3. The van der Waals surface area contributed by atoms with Crippen LogP contribution in [0.25, 0.3) is 0 Å². The topological polar surface area (TPSA) is 37.8 Å². The van der Waals surface area contributed by atoms with Gasteiger partial charge in [0.05, 0.1) is 0 Å². The first-order valence-corrected chi connectivity index (χ1v) is 6.06. The van der Waals surface area contributed by atoms with Crippen LogP contribution in [-0.2, 0) is 13.0 Å². The van der Waals surface area contributed by atoms with Gasteiger partial charge in [-0.2, -0.15) is 0 Å². The van der Waals surface area contributed by atoms with E-state index >= 15 is 0 Å². The van der Waals surface area contributed by atoms with Gasteiger partial charge in [0.2, 0.25) is 0 Å². The molecule has 2 rings (SSSR count). The van der Waals surface area contributed by atoms with Gasteiger partial charge in [-0.1, -0.05) is 30.7 Å². The molecule has 5 heteroatoms. The van der Waals surface area contributed by atoms with Crippen LogP contribution < -0.4 is 5.32 Å². The fourth-order valence-electron chi connectivity index (χ4n) is 1.64. The number of rotatable bonds is 4. The van der Waals surface area contributed by atoms with Crippen LogP contribution in [0.15, 0.2) is 30.6 Å². The van der Waals surface area contributed by atoms with Gasteiger partial charge < -0.3 is 5.32 Å². The molecule has 0 saturated heterocycles. The molecule has 1 heterocycles. The molecule has 2 aromatic rings. The van der Waals surface area contributed by atoms with Gasteiger partial charge in [0.25, 0.3) is 0 Å². The van der Waals surface area contributed by atoms with E-state index in [4.69, 9.17) is 11.6 Å². The Kier molecular flexibility index (Phi) is 4.10. The predicted octanol–water partition coefficient (Wildman–Crippen LogP) is 3.44. The van der Waals surface area contributed by atoms with Gasteiger partial charge in [-0.25, -0.2) is 14.4 Å². The number of benzene rings is 1. The molecule has 0 unspecified atom stereocenters. The Hall–Kier alpha value is -1.68. The fourth-order valence-corrected chi connectivity index (χ4v) is 1.91. The van der Waals surface area contributed by atoms with Crippen LogP contribution in [-0.4, -0.2) is 9.97 Å². The highest BCUT2D eigenvalue weighted by molar-refractivity contribution is 6.30. The molecular weight excluding hydrogens is 253 g/mol. The molecule has 94 valence electrons. The average molecular weight is 266 g/mol. The monoisotopic (exact) mass is 265 g/mol. The quantitative estimate of drug-likeness (QED) is 0.861. The molecule has 0 fully saturated rings. The summed E-state index contributed by atoms with van der Waals surface area (Å²) in [5, 5.41) is 3.65. The maximum atomic E-state index is 12.8. The fraction of sp³-hybridized carbons (Fsp3) is 0.231. The number of hydrogen-bond donors (Lipinski definition) is 1. The molecule has 1 aromatic carbocycles. The van der Waals surface area contributed by atoms with Crippen molar-refractivity contribution < 1.29 is 4.39 Å². The minimum atomic E-state index is -0.238. The lowest BCUT2D eigenvalue weighted by atomic mass is 10.2. The highest BCUT2D eigenvalue weighted by Crippen LogP contribution is 2.20. The molecule has 0 spiro atoms. The Balaban J connectivity index is 2.10. The Morgan fingerprint density at radius 3 is 2.61 bits per heavy atom. The van der Waals surface area contributed by atoms with Crippen molar-refractivity contribution in [2.45, 2.75) is 19.9 Å². The third kappa shape index (κ3) is 2.96. The van der Waals surface area contributed by atoms with Crippen LogP contribution in [0.3, 0.4) is 0 Å². The molecule has 18 heavy (non-hydrogen) atoms. The molecule has 1 N–H and O–H groups in total. The minimum absolute atomic E-state index is 0.238. The number of hydrogen-bond acceptors (Lipinski definition) is 3. The van der Waals surface area contributed by atoms with Gasteiger partial charge in [-0.05, 0) is 24.1 Å². The number of nitrogens with zero attached hydrogens (tertiary/aromatic N) is 2. The van der Waals surface area contributed by atoms with Crippen LogP contribution in [0.2, 0.25) is 5.15 Å². The van der Waals surface area contributed by atoms with Crippen molar-refractivity contribution in [2.75, 3.05) is 5.32 Å². The average Bonchev–Trinajstić information content (AvgIpc) is 2.38. The van der Waals surface area contributed by atoms with Gasteiger partial charge in [0.1, 0.15) is 23.1 Å². The van der Waals surface area contributed by atoms with Crippen LogP contribution in [0.5, 0.6) is 0 Å². The van der Waals surface area contributed by atoms with E-state index in [1.807, 2.05) is 6.92 Å². The normalized spacial score (nSPS) is 10.4. The molecule has 3 nitrogen and oxygen atoms in total. The van der Waals surface area contributed by atoms with Crippen molar-refractivity contribution in [3.63, 3.8) is 0 Å². The summed E-state index contributed by atoms with van der Waals surface area (Å²) in [6.07, 6.45) is 2.18. The standard InChI is InChI=1S/C13H13ClFN3/c1-2-11-12(14)17-8-18-13(11)16-7-9-3-5-10(15)6-4-9/h3-6,8H,2,7H2,1H3,(H,16,17,18). The molecule has 0 aliphatic heterocycles. The third-order valence-electron chi connectivity index (χ3n) is 2.62. The Morgan fingerprint density at radius 1 is 1.22 bits per heavy atom. The zero-order chi connectivity index (χ0) is 13.0. The summed E-state index contributed by atoms with van der Waals surface area (Å²) in [6, 6.07) is 6.34. The van der Waals surface area contributed by atoms with Gasteiger partial charge in [0, 0.05) is 12.1 Å². The molecule has 0 radical (unpaired) electrons. The second kappa shape index (κ2) is 5.78. The molecule has 0 amide bonds. The van der Waals surface area contributed by atoms with E-state index < -0.39 is 0 Å². The van der Waals surface area contributed by atoms with Gasteiger partial charge in [0.15, 0.2) is 0 Å². The molecule has 0 bridgehead atoms. The Bertz CT molecular complexity index is 528. The first kappa shape index (κ1) is 12.8. The Morgan fingerprint density at radius 2 is 1.94 bits per heavy atom. The van der Waals surface area contributed by atoms with E-state index in [-0.39, 0.29) is 5.82 Å². The lowest BCUT2D eigenvalue weighted by molar-refractivity contribution is 0.627. The van der Waals surface area contributed by atoms with Crippen LogP contribution in [0.4, 0.5) is 10.2 Å². The van der Waals surface area contributed by atoms with Gasteiger partial charge in [-0.15, -0.1) is 0 Å². The second-order valence-electron chi connectivity index (χ2n) is 3.83. The van der Waals surface area contributed by atoms with Crippen LogP contribution >= 0.6 is 11.6 Å². The van der Waals surface area contributed by atoms with Crippen molar-refractivity contribution in [3.05, 3.63) is 52.7 Å². The molecule has 1 aromatic heterocycles. The maximum Gasteiger partial charge on any atom is 0.137 e. The first-order valence-electron chi connectivity index (χ1n) is 5.68. The lowest BCUT2D eigenvalue weighted by Crippen LogP contribution is -2.05. The molecule has 0 saturated carbocycles. The van der Waals surface area contributed by atoms with Crippen molar-refractivity contribution in [2.24, 2.45) is 0 Å². The van der Waals surface area contributed by atoms with Gasteiger partial charge in [-0.3, -0.25) is 0 Å².